The molecule has 2 amide bonds. The first kappa shape index (κ1) is 17.3. The van der Waals surface area contributed by atoms with Gasteiger partial charge in [0, 0.05) is 18.7 Å². The Morgan fingerprint density at radius 2 is 2.00 bits per heavy atom. The molecule has 1 aliphatic heterocycles. The molecule has 1 atom stereocenters. The Balaban J connectivity index is 1.89. The van der Waals surface area contributed by atoms with E-state index in [9.17, 15) is 9.59 Å². The van der Waals surface area contributed by atoms with Crippen molar-refractivity contribution in [2.45, 2.75) is 46.2 Å². The second-order valence-electron chi connectivity index (χ2n) is 6.83. The van der Waals surface area contributed by atoms with Gasteiger partial charge in [-0.1, -0.05) is 32.0 Å². The van der Waals surface area contributed by atoms with Gasteiger partial charge in [0.05, 0.1) is 6.54 Å². The van der Waals surface area contributed by atoms with Crippen LogP contribution in [0.2, 0.25) is 0 Å². The average molecular weight is 340 g/mol. The maximum absolute atomic E-state index is 13.2. The van der Waals surface area contributed by atoms with Crippen LogP contribution in [0, 0.1) is 5.92 Å². The highest BCUT2D eigenvalue weighted by Crippen LogP contribution is 2.34. The number of carbonyl (C=O) groups is 2. The molecule has 132 valence electrons. The Morgan fingerprint density at radius 3 is 2.72 bits per heavy atom. The van der Waals surface area contributed by atoms with Crippen molar-refractivity contribution < 1.29 is 14.0 Å². The zero-order valence-electron chi connectivity index (χ0n) is 14.9. The molecule has 1 aliphatic rings. The molecule has 0 radical (unpaired) electrons. The van der Waals surface area contributed by atoms with E-state index in [2.05, 4.69) is 25.2 Å². The Bertz CT molecular complexity index is 779. The van der Waals surface area contributed by atoms with Crippen LogP contribution in [0.3, 0.4) is 0 Å². The van der Waals surface area contributed by atoms with Crippen LogP contribution in [0.15, 0.2) is 40.8 Å². The molecule has 0 saturated heterocycles. The summed E-state index contributed by atoms with van der Waals surface area (Å²) in [5, 5.41) is 2.68. The Kier molecular flexibility index (Phi) is 4.93. The highest BCUT2D eigenvalue weighted by atomic mass is 16.4. The highest BCUT2D eigenvalue weighted by Gasteiger charge is 2.34. The predicted octanol–water partition coefficient (Wildman–Crippen LogP) is 3.53. The third-order valence-electron chi connectivity index (χ3n) is 4.66. The molecule has 0 saturated carbocycles. The summed E-state index contributed by atoms with van der Waals surface area (Å²) >= 11 is 0. The molecule has 5 nitrogen and oxygen atoms in total. The molecule has 0 spiro atoms. The topological polar surface area (TPSA) is 62.6 Å². The monoisotopic (exact) mass is 340 g/mol. The summed E-state index contributed by atoms with van der Waals surface area (Å²) in [5.41, 5.74) is 2.16. The normalized spacial score (nSPS) is 16.6. The van der Waals surface area contributed by atoms with Crippen LogP contribution in [0.25, 0.3) is 0 Å². The first-order chi connectivity index (χ1) is 12.0. The molecule has 1 N–H and O–H groups in total. The summed E-state index contributed by atoms with van der Waals surface area (Å²) in [6, 6.07) is 11.6. The van der Waals surface area contributed by atoms with Gasteiger partial charge in [-0.3, -0.25) is 9.59 Å². The van der Waals surface area contributed by atoms with Crippen LogP contribution in [-0.4, -0.2) is 17.9 Å². The summed E-state index contributed by atoms with van der Waals surface area (Å²) in [5.74, 6) is 0.979. The highest BCUT2D eigenvalue weighted by molar-refractivity contribution is 6.05. The van der Waals surface area contributed by atoms with Gasteiger partial charge in [-0.15, -0.1) is 0 Å². The zero-order chi connectivity index (χ0) is 18.0. The number of furan rings is 1. The van der Waals surface area contributed by atoms with Gasteiger partial charge in [0.1, 0.15) is 5.76 Å². The molecule has 25 heavy (non-hydrogen) atoms. The van der Waals surface area contributed by atoms with Crippen LogP contribution in [0.1, 0.15) is 49.1 Å². The van der Waals surface area contributed by atoms with Gasteiger partial charge in [0.25, 0.3) is 5.91 Å². The van der Waals surface area contributed by atoms with E-state index in [0.717, 1.165) is 18.5 Å². The molecule has 3 rings (SSSR count). The quantitative estimate of drug-likeness (QED) is 0.926. The number of nitrogens with one attached hydrogen (secondary N) is 1. The number of amides is 2. The fourth-order valence-corrected chi connectivity index (χ4v) is 3.38. The third-order valence-corrected chi connectivity index (χ3v) is 4.66. The number of hydrogen-bond acceptors (Lipinski definition) is 3. The molecular formula is C20H24N2O3. The predicted molar refractivity (Wildman–Crippen MR) is 96.4 cm³/mol. The number of hydrogen-bond donors (Lipinski definition) is 1. The average Bonchev–Trinajstić information content (AvgIpc) is 3.07. The van der Waals surface area contributed by atoms with E-state index in [1.165, 1.54) is 12.5 Å². The van der Waals surface area contributed by atoms with E-state index >= 15 is 0 Å². The summed E-state index contributed by atoms with van der Waals surface area (Å²) in [6.45, 7) is 6.02. The first-order valence-electron chi connectivity index (χ1n) is 8.72. The van der Waals surface area contributed by atoms with Crippen molar-refractivity contribution in [2.24, 2.45) is 5.92 Å². The fourth-order valence-electron chi connectivity index (χ4n) is 3.38. The smallest absolute Gasteiger partial charge is 0.294 e. The number of nitrogens with zero attached hydrogens (tertiary/aromatic N) is 1. The van der Waals surface area contributed by atoms with Crippen molar-refractivity contribution in [3.63, 3.8) is 0 Å². The standard InChI is InChI=1S/C20H24N2O3/c1-13(2)17-10-8-15-6-4-5-7-18(15)22(17)20(24)19-11-9-16(25-19)12-21-14(3)23/h4-7,9,11,13,17H,8,10,12H2,1-3H3,(H,21,23)/t17-/m0/s1. The Hall–Kier alpha value is -2.56. The summed E-state index contributed by atoms with van der Waals surface area (Å²) in [4.78, 5) is 26.1. The second-order valence-corrected chi connectivity index (χ2v) is 6.83. The minimum absolute atomic E-state index is 0.125. The van der Waals surface area contributed by atoms with Gasteiger partial charge in [0.15, 0.2) is 5.76 Å². The summed E-state index contributed by atoms with van der Waals surface area (Å²) in [6.07, 6.45) is 1.93. The van der Waals surface area contributed by atoms with Gasteiger partial charge in [0.2, 0.25) is 5.91 Å². The Morgan fingerprint density at radius 1 is 1.24 bits per heavy atom. The van der Waals surface area contributed by atoms with Crippen molar-refractivity contribution in [3.05, 3.63) is 53.5 Å². The van der Waals surface area contributed by atoms with E-state index < -0.39 is 0 Å². The van der Waals surface area contributed by atoms with Gasteiger partial charge in [-0.2, -0.15) is 0 Å². The second kappa shape index (κ2) is 7.13. The summed E-state index contributed by atoms with van der Waals surface area (Å²) < 4.78 is 5.69. The van der Waals surface area contributed by atoms with E-state index in [4.69, 9.17) is 4.42 Å². The van der Waals surface area contributed by atoms with E-state index in [1.54, 1.807) is 12.1 Å². The number of benzene rings is 1. The van der Waals surface area contributed by atoms with E-state index in [1.807, 2.05) is 23.1 Å². The molecule has 1 aromatic heterocycles. The SMILES string of the molecule is CC(=O)NCc1ccc(C(=O)N2c3ccccc3CC[C@H]2C(C)C)o1. The number of carbonyl (C=O) groups excluding carboxylic acids is 2. The number of aryl methyl sites for hydroxylation is 1. The van der Waals surface area contributed by atoms with Crippen LogP contribution in [-0.2, 0) is 17.8 Å². The Labute approximate surface area is 148 Å². The zero-order valence-corrected chi connectivity index (χ0v) is 14.9. The maximum Gasteiger partial charge on any atom is 0.294 e. The van der Waals surface area contributed by atoms with E-state index in [-0.39, 0.29) is 24.4 Å². The van der Waals surface area contributed by atoms with Gasteiger partial charge in [-0.25, -0.2) is 0 Å². The van der Waals surface area contributed by atoms with Crippen molar-refractivity contribution in [1.82, 2.24) is 5.32 Å². The van der Waals surface area contributed by atoms with Gasteiger partial charge < -0.3 is 14.6 Å². The number of para-hydroxylation sites is 1. The van der Waals surface area contributed by atoms with Crippen molar-refractivity contribution >= 4 is 17.5 Å². The third kappa shape index (κ3) is 3.60. The van der Waals surface area contributed by atoms with Gasteiger partial charge >= 0.3 is 0 Å². The molecule has 0 unspecified atom stereocenters. The molecule has 2 aromatic rings. The lowest BCUT2D eigenvalue weighted by molar-refractivity contribution is -0.119. The minimum Gasteiger partial charge on any atom is -0.454 e. The lowest BCUT2D eigenvalue weighted by Gasteiger charge is -2.39. The molecule has 0 bridgehead atoms. The largest absolute Gasteiger partial charge is 0.454 e. The molecule has 0 aliphatic carbocycles. The number of anilines is 1. The van der Waals surface area contributed by atoms with Crippen molar-refractivity contribution in [2.75, 3.05) is 4.90 Å². The number of fused-ring (bicyclic) bond motifs is 1. The summed E-state index contributed by atoms with van der Waals surface area (Å²) in [7, 11) is 0. The lowest BCUT2D eigenvalue weighted by atomic mass is 9.89. The van der Waals surface area contributed by atoms with Crippen molar-refractivity contribution in [1.29, 1.82) is 0 Å². The van der Waals surface area contributed by atoms with E-state index in [0.29, 0.717) is 17.4 Å². The molecule has 0 fully saturated rings. The van der Waals surface area contributed by atoms with Gasteiger partial charge in [-0.05, 0) is 42.5 Å². The lowest BCUT2D eigenvalue weighted by Crippen LogP contribution is -2.46. The molecule has 2 heterocycles. The van der Waals surface area contributed by atoms with Crippen LogP contribution >= 0.6 is 0 Å². The number of rotatable bonds is 4. The fraction of sp³-hybridized carbons (Fsp3) is 0.400. The molecule has 1 aromatic carbocycles. The molecular weight excluding hydrogens is 316 g/mol. The van der Waals surface area contributed by atoms with Crippen LogP contribution in [0.5, 0.6) is 0 Å². The van der Waals surface area contributed by atoms with Crippen LogP contribution < -0.4 is 10.2 Å². The molecule has 5 heteroatoms. The minimum atomic E-state index is -0.130. The first-order valence-corrected chi connectivity index (χ1v) is 8.72. The van der Waals surface area contributed by atoms with Crippen LogP contribution in [0.4, 0.5) is 5.69 Å². The van der Waals surface area contributed by atoms with Crippen molar-refractivity contribution in [3.8, 4) is 0 Å². The maximum atomic E-state index is 13.2.